The number of hydrogen-bond donors (Lipinski definition) is 1. The third-order valence-corrected chi connectivity index (χ3v) is 3.20. The van der Waals surface area contributed by atoms with Crippen molar-refractivity contribution >= 4 is 29.4 Å². The first-order valence-corrected chi connectivity index (χ1v) is 6.91. The Hall–Kier alpha value is -3.00. The minimum atomic E-state index is -0.709. The maximum absolute atomic E-state index is 13.6. The predicted octanol–water partition coefficient (Wildman–Crippen LogP) is 3.16. The van der Waals surface area contributed by atoms with Crippen LogP contribution < -0.4 is 10.2 Å². The molecule has 0 saturated carbocycles. The molecule has 1 amide bonds. The van der Waals surface area contributed by atoms with E-state index < -0.39 is 16.6 Å². The van der Waals surface area contributed by atoms with E-state index >= 15 is 0 Å². The lowest BCUT2D eigenvalue weighted by atomic mass is 10.2. The summed E-state index contributed by atoms with van der Waals surface area (Å²) in [7, 11) is 1.39. The highest BCUT2D eigenvalue weighted by Crippen LogP contribution is 2.22. The van der Waals surface area contributed by atoms with Crippen LogP contribution in [0.25, 0.3) is 0 Å². The number of ether oxygens (including phenoxy) is 1. The largest absolute Gasteiger partial charge is 0.496 e. The molecule has 2 rings (SSSR count). The Morgan fingerprint density at radius 1 is 1.38 bits per heavy atom. The average Bonchev–Trinajstić information content (AvgIpc) is 2.56. The molecule has 9 heteroatoms. The normalized spacial score (nSPS) is 10.6. The van der Waals surface area contributed by atoms with E-state index in [4.69, 9.17) is 16.3 Å². The molecule has 0 fully saturated rings. The van der Waals surface area contributed by atoms with Crippen LogP contribution in [0, 0.1) is 15.9 Å². The molecule has 0 spiro atoms. The fraction of sp³-hybridized carbons (Fsp3) is 0.0667. The maximum Gasteiger partial charge on any atom is 0.275 e. The van der Waals surface area contributed by atoms with Crippen molar-refractivity contribution in [1.29, 1.82) is 0 Å². The topological polar surface area (TPSA) is 93.8 Å². The summed E-state index contributed by atoms with van der Waals surface area (Å²) in [6.07, 6.45) is 0.970. The summed E-state index contributed by atoms with van der Waals surface area (Å²) in [4.78, 5) is 22.1. The van der Waals surface area contributed by atoms with Gasteiger partial charge in [-0.2, -0.15) is 5.10 Å². The summed E-state index contributed by atoms with van der Waals surface area (Å²) in [5.41, 5.74) is 1.89. The molecule has 1 N–H and O–H groups in total. The number of non-ortho nitro benzene ring substituents is 1. The van der Waals surface area contributed by atoms with Crippen molar-refractivity contribution in [3.63, 3.8) is 0 Å². The van der Waals surface area contributed by atoms with E-state index in [2.05, 4.69) is 10.5 Å². The molecule has 0 unspecified atom stereocenters. The van der Waals surface area contributed by atoms with Crippen molar-refractivity contribution in [2.24, 2.45) is 5.10 Å². The van der Waals surface area contributed by atoms with Crippen LogP contribution in [-0.4, -0.2) is 24.2 Å². The van der Waals surface area contributed by atoms with Gasteiger partial charge in [0.05, 0.1) is 23.8 Å². The van der Waals surface area contributed by atoms with Crippen molar-refractivity contribution in [3.8, 4) is 5.75 Å². The number of carbonyl (C=O) groups is 1. The van der Waals surface area contributed by atoms with Crippen LogP contribution >= 0.6 is 11.6 Å². The monoisotopic (exact) mass is 351 g/mol. The first-order valence-electron chi connectivity index (χ1n) is 6.53. The number of nitrogens with zero attached hydrogens (tertiary/aromatic N) is 2. The summed E-state index contributed by atoms with van der Waals surface area (Å²) in [6.45, 7) is 0. The number of carbonyl (C=O) groups excluding carboxylic acids is 1. The molecule has 0 atom stereocenters. The number of nitrogens with one attached hydrogen (secondary N) is 1. The third-order valence-electron chi connectivity index (χ3n) is 2.97. The van der Waals surface area contributed by atoms with E-state index in [1.54, 1.807) is 6.07 Å². The number of methoxy groups -OCH3 is 1. The molecule has 0 radical (unpaired) electrons. The number of amides is 1. The molecule has 124 valence electrons. The van der Waals surface area contributed by atoms with Crippen molar-refractivity contribution in [2.75, 3.05) is 7.11 Å². The van der Waals surface area contributed by atoms with E-state index in [1.165, 1.54) is 19.2 Å². The standard InChI is InChI=1S/C15H11ClFN3O4/c1-24-14-5-2-10(16)7-12(14)15(21)19-18-8-9-6-11(20(22)23)3-4-13(9)17/h2-8H,1H3,(H,19,21)/b18-8+. The van der Waals surface area contributed by atoms with E-state index in [0.29, 0.717) is 5.02 Å². The number of halogens is 2. The van der Waals surface area contributed by atoms with Gasteiger partial charge in [-0.05, 0) is 24.3 Å². The van der Waals surface area contributed by atoms with Crippen molar-refractivity contribution in [3.05, 3.63) is 68.5 Å². The summed E-state index contributed by atoms with van der Waals surface area (Å²) in [6, 6.07) is 7.44. The number of rotatable bonds is 5. The Kier molecular flexibility index (Phi) is 5.43. The van der Waals surface area contributed by atoms with Crippen molar-refractivity contribution < 1.29 is 18.8 Å². The molecule has 0 aliphatic rings. The van der Waals surface area contributed by atoms with Crippen LogP contribution in [0.2, 0.25) is 5.02 Å². The quantitative estimate of drug-likeness (QED) is 0.508. The van der Waals surface area contributed by atoms with E-state index in [-0.39, 0.29) is 22.6 Å². The first kappa shape index (κ1) is 17.4. The molecular formula is C15H11ClFN3O4. The molecule has 0 aromatic heterocycles. The lowest BCUT2D eigenvalue weighted by Gasteiger charge is -2.07. The van der Waals surface area contributed by atoms with Gasteiger partial charge in [0.1, 0.15) is 11.6 Å². The highest BCUT2D eigenvalue weighted by molar-refractivity contribution is 6.31. The minimum Gasteiger partial charge on any atom is -0.496 e. The minimum absolute atomic E-state index is 0.137. The molecule has 2 aromatic carbocycles. The van der Waals surface area contributed by atoms with Crippen molar-refractivity contribution in [1.82, 2.24) is 5.43 Å². The highest BCUT2D eigenvalue weighted by atomic mass is 35.5. The average molecular weight is 352 g/mol. The second-order valence-electron chi connectivity index (χ2n) is 4.51. The molecule has 2 aromatic rings. The van der Waals surface area contributed by atoms with Crippen LogP contribution in [0.1, 0.15) is 15.9 Å². The second kappa shape index (κ2) is 7.51. The van der Waals surface area contributed by atoms with Gasteiger partial charge in [0.15, 0.2) is 0 Å². The number of nitro benzene ring substituents is 1. The molecule has 24 heavy (non-hydrogen) atoms. The van der Waals surface area contributed by atoms with Gasteiger partial charge in [-0.15, -0.1) is 0 Å². The molecule has 7 nitrogen and oxygen atoms in total. The fourth-order valence-electron chi connectivity index (χ4n) is 1.82. The van der Waals surface area contributed by atoms with Gasteiger partial charge in [-0.3, -0.25) is 14.9 Å². The third kappa shape index (κ3) is 4.05. The molecule has 0 saturated heterocycles. The van der Waals surface area contributed by atoms with E-state index in [0.717, 1.165) is 24.4 Å². The number of hydrazone groups is 1. The van der Waals surface area contributed by atoms with Gasteiger partial charge < -0.3 is 4.74 Å². The summed E-state index contributed by atoms with van der Waals surface area (Å²) < 4.78 is 18.6. The molecule has 0 aliphatic carbocycles. The van der Waals surface area contributed by atoms with Gasteiger partial charge in [-0.1, -0.05) is 11.6 Å². The van der Waals surface area contributed by atoms with Gasteiger partial charge in [0, 0.05) is 22.7 Å². The van der Waals surface area contributed by atoms with Crippen LogP contribution in [0.3, 0.4) is 0 Å². The Morgan fingerprint density at radius 3 is 2.79 bits per heavy atom. The van der Waals surface area contributed by atoms with Crippen LogP contribution in [0.5, 0.6) is 5.75 Å². The van der Waals surface area contributed by atoms with Crippen LogP contribution in [0.15, 0.2) is 41.5 Å². The Balaban J connectivity index is 2.17. The Bertz CT molecular complexity index is 826. The summed E-state index contributed by atoms with van der Waals surface area (Å²) in [5.74, 6) is -1.05. The van der Waals surface area contributed by atoms with Gasteiger partial charge in [0.25, 0.3) is 11.6 Å². The second-order valence-corrected chi connectivity index (χ2v) is 4.94. The van der Waals surface area contributed by atoms with E-state index in [9.17, 15) is 19.3 Å². The SMILES string of the molecule is COc1ccc(Cl)cc1C(=O)N/N=C/c1cc([N+](=O)[O-])ccc1F. The van der Waals surface area contributed by atoms with Gasteiger partial charge >= 0.3 is 0 Å². The van der Waals surface area contributed by atoms with Crippen LogP contribution in [0.4, 0.5) is 10.1 Å². The zero-order valence-corrected chi connectivity index (χ0v) is 13.1. The molecule has 0 bridgehead atoms. The van der Waals surface area contributed by atoms with Crippen LogP contribution in [-0.2, 0) is 0 Å². The van der Waals surface area contributed by atoms with E-state index in [1.807, 2.05) is 0 Å². The molecule has 0 aliphatic heterocycles. The number of nitro groups is 1. The van der Waals surface area contributed by atoms with Gasteiger partial charge in [-0.25, -0.2) is 9.82 Å². The summed E-state index contributed by atoms with van der Waals surface area (Å²) >= 11 is 5.83. The lowest BCUT2D eigenvalue weighted by molar-refractivity contribution is -0.384. The number of hydrogen-bond acceptors (Lipinski definition) is 5. The van der Waals surface area contributed by atoms with Gasteiger partial charge in [0.2, 0.25) is 0 Å². The smallest absolute Gasteiger partial charge is 0.275 e. The number of benzene rings is 2. The fourth-order valence-corrected chi connectivity index (χ4v) is 1.99. The summed E-state index contributed by atoms with van der Waals surface area (Å²) in [5, 5.41) is 14.6. The Labute approximate surface area is 140 Å². The lowest BCUT2D eigenvalue weighted by Crippen LogP contribution is -2.18. The molecule has 0 heterocycles. The highest BCUT2D eigenvalue weighted by Gasteiger charge is 2.13. The maximum atomic E-state index is 13.6. The Morgan fingerprint density at radius 2 is 2.12 bits per heavy atom. The first-order chi connectivity index (χ1) is 11.4. The molecular weight excluding hydrogens is 341 g/mol. The zero-order chi connectivity index (χ0) is 17.7. The zero-order valence-electron chi connectivity index (χ0n) is 12.3. The van der Waals surface area contributed by atoms with Crippen molar-refractivity contribution in [2.45, 2.75) is 0 Å². The predicted molar refractivity (Wildman–Crippen MR) is 86.1 cm³/mol.